The molecule has 116 valence electrons. The fourth-order valence-corrected chi connectivity index (χ4v) is 1.95. The zero-order valence-electron chi connectivity index (χ0n) is 12.4. The maximum atomic E-state index is 11.6. The molecule has 3 N–H and O–H groups in total. The minimum Gasteiger partial charge on any atom is -0.466 e. The number of hydrogen-bond donors (Lipinski definition) is 2. The van der Waals surface area contributed by atoms with Crippen molar-refractivity contribution < 1.29 is 19.4 Å². The molecule has 1 rings (SSSR count). The summed E-state index contributed by atoms with van der Waals surface area (Å²) in [5, 5.41) is 8.91. The number of carbonyl (C=O) groups excluding carboxylic acids is 2. The van der Waals surface area contributed by atoms with Crippen molar-refractivity contribution in [3.8, 4) is 0 Å². The molecule has 0 aliphatic carbocycles. The lowest BCUT2D eigenvalue weighted by molar-refractivity contribution is -0.145. The van der Waals surface area contributed by atoms with Gasteiger partial charge in [0.25, 0.3) is 0 Å². The van der Waals surface area contributed by atoms with Crippen LogP contribution >= 0.6 is 0 Å². The van der Waals surface area contributed by atoms with Crippen molar-refractivity contribution in [3.63, 3.8) is 0 Å². The second kappa shape index (κ2) is 9.26. The van der Waals surface area contributed by atoms with E-state index in [1.165, 1.54) is 0 Å². The molecule has 1 atom stereocenters. The van der Waals surface area contributed by atoms with Crippen LogP contribution in [0.2, 0.25) is 0 Å². The molecule has 0 amide bonds. The van der Waals surface area contributed by atoms with Gasteiger partial charge in [0.2, 0.25) is 0 Å². The Balaban J connectivity index is 2.38. The third kappa shape index (κ3) is 7.02. The van der Waals surface area contributed by atoms with Crippen LogP contribution in [0.1, 0.15) is 30.9 Å². The van der Waals surface area contributed by atoms with Gasteiger partial charge in [-0.15, -0.1) is 0 Å². The number of carbonyl (C=O) groups is 2. The van der Waals surface area contributed by atoms with Gasteiger partial charge in [-0.25, -0.2) is 0 Å². The van der Waals surface area contributed by atoms with Crippen molar-refractivity contribution in [3.05, 3.63) is 35.4 Å². The maximum Gasteiger partial charge on any atom is 0.313 e. The van der Waals surface area contributed by atoms with Gasteiger partial charge < -0.3 is 15.6 Å². The van der Waals surface area contributed by atoms with Crippen molar-refractivity contribution in [1.29, 1.82) is 0 Å². The Morgan fingerprint density at radius 1 is 1.24 bits per heavy atom. The van der Waals surface area contributed by atoms with Gasteiger partial charge in [0.05, 0.1) is 13.2 Å². The van der Waals surface area contributed by atoms with E-state index in [2.05, 4.69) is 0 Å². The van der Waals surface area contributed by atoms with E-state index in [0.717, 1.165) is 11.1 Å². The molecule has 5 nitrogen and oxygen atoms in total. The molecule has 0 bridgehead atoms. The van der Waals surface area contributed by atoms with Crippen molar-refractivity contribution >= 4 is 11.8 Å². The second-order valence-electron chi connectivity index (χ2n) is 4.98. The first-order chi connectivity index (χ1) is 10.0. The standard InChI is InChI=1S/C16H23NO4/c1-2-21-16(20)10-15(19)8-7-12-3-5-13(6-4-12)9-14(17)11-18/h3-6,14,18H,2,7-11,17H2,1H3. The summed E-state index contributed by atoms with van der Waals surface area (Å²) in [5.41, 5.74) is 7.76. The van der Waals surface area contributed by atoms with E-state index in [-0.39, 0.29) is 24.9 Å². The lowest BCUT2D eigenvalue weighted by Gasteiger charge is -2.08. The molecular formula is C16H23NO4. The highest BCUT2D eigenvalue weighted by Gasteiger charge is 2.10. The van der Waals surface area contributed by atoms with E-state index in [1.54, 1.807) is 6.92 Å². The number of aliphatic hydroxyl groups excluding tert-OH is 1. The van der Waals surface area contributed by atoms with E-state index in [0.29, 0.717) is 25.9 Å². The number of Topliss-reactive ketones (excluding diaryl/α,β-unsaturated/α-hetero) is 1. The average molecular weight is 293 g/mol. The van der Waals surface area contributed by atoms with Crippen LogP contribution in [0.15, 0.2) is 24.3 Å². The third-order valence-corrected chi connectivity index (χ3v) is 3.09. The summed E-state index contributed by atoms with van der Waals surface area (Å²) in [6.07, 6.45) is 1.40. The molecule has 0 saturated carbocycles. The zero-order chi connectivity index (χ0) is 15.7. The van der Waals surface area contributed by atoms with E-state index < -0.39 is 5.97 Å². The number of benzene rings is 1. The average Bonchev–Trinajstić information content (AvgIpc) is 2.46. The molecule has 21 heavy (non-hydrogen) atoms. The van der Waals surface area contributed by atoms with Crippen LogP contribution in [0.25, 0.3) is 0 Å². The number of nitrogens with two attached hydrogens (primary N) is 1. The molecule has 0 radical (unpaired) electrons. The zero-order valence-corrected chi connectivity index (χ0v) is 12.4. The molecule has 0 aromatic heterocycles. The highest BCUT2D eigenvalue weighted by molar-refractivity contribution is 5.95. The molecule has 0 saturated heterocycles. The van der Waals surface area contributed by atoms with Gasteiger partial charge in [-0.2, -0.15) is 0 Å². The Labute approximate surface area is 125 Å². The van der Waals surface area contributed by atoms with Crippen LogP contribution in [-0.4, -0.2) is 36.1 Å². The predicted molar refractivity (Wildman–Crippen MR) is 79.8 cm³/mol. The smallest absolute Gasteiger partial charge is 0.313 e. The first kappa shape index (κ1) is 17.3. The van der Waals surface area contributed by atoms with E-state index >= 15 is 0 Å². The number of rotatable bonds is 9. The summed E-state index contributed by atoms with van der Waals surface area (Å²) in [5.74, 6) is -0.573. The minimum absolute atomic E-state index is 0.0376. The van der Waals surface area contributed by atoms with Gasteiger partial charge in [0.1, 0.15) is 12.2 Å². The van der Waals surface area contributed by atoms with Crippen LogP contribution in [0, 0.1) is 0 Å². The lowest BCUT2D eigenvalue weighted by atomic mass is 10.0. The molecule has 0 aliphatic rings. The SMILES string of the molecule is CCOC(=O)CC(=O)CCc1ccc(CC(N)CO)cc1. The minimum atomic E-state index is -0.462. The summed E-state index contributed by atoms with van der Waals surface area (Å²) < 4.78 is 4.74. The fourth-order valence-electron chi connectivity index (χ4n) is 1.95. The van der Waals surface area contributed by atoms with Gasteiger partial charge in [0, 0.05) is 12.5 Å². The summed E-state index contributed by atoms with van der Waals surface area (Å²) in [7, 11) is 0. The first-order valence-electron chi connectivity index (χ1n) is 7.16. The van der Waals surface area contributed by atoms with Crippen LogP contribution in [0.5, 0.6) is 0 Å². The largest absolute Gasteiger partial charge is 0.466 e. The molecule has 0 spiro atoms. The van der Waals surface area contributed by atoms with Crippen molar-refractivity contribution in [1.82, 2.24) is 0 Å². The van der Waals surface area contributed by atoms with Crippen LogP contribution < -0.4 is 5.73 Å². The van der Waals surface area contributed by atoms with Gasteiger partial charge >= 0.3 is 5.97 Å². The van der Waals surface area contributed by atoms with Gasteiger partial charge in [-0.05, 0) is 30.9 Å². The van der Waals surface area contributed by atoms with Crippen molar-refractivity contribution in [2.24, 2.45) is 5.73 Å². The topological polar surface area (TPSA) is 89.6 Å². The number of ketones is 1. The Kier molecular flexibility index (Phi) is 7.64. The second-order valence-corrected chi connectivity index (χ2v) is 4.98. The molecule has 1 unspecified atom stereocenters. The number of ether oxygens (including phenoxy) is 1. The number of aliphatic hydroxyl groups is 1. The van der Waals surface area contributed by atoms with E-state index in [9.17, 15) is 9.59 Å². The molecule has 1 aromatic carbocycles. The van der Waals surface area contributed by atoms with Crippen molar-refractivity contribution in [2.75, 3.05) is 13.2 Å². The number of aryl methyl sites for hydroxylation is 1. The van der Waals surface area contributed by atoms with Crippen LogP contribution in [0.4, 0.5) is 0 Å². The number of hydrogen-bond acceptors (Lipinski definition) is 5. The van der Waals surface area contributed by atoms with E-state index in [1.807, 2.05) is 24.3 Å². The summed E-state index contributed by atoms with van der Waals surface area (Å²) >= 11 is 0. The highest BCUT2D eigenvalue weighted by atomic mass is 16.5. The normalized spacial score (nSPS) is 12.0. The van der Waals surface area contributed by atoms with Crippen LogP contribution in [-0.2, 0) is 27.2 Å². The van der Waals surface area contributed by atoms with Crippen LogP contribution in [0.3, 0.4) is 0 Å². The Bertz CT molecular complexity index is 456. The fraction of sp³-hybridized carbons (Fsp3) is 0.500. The maximum absolute atomic E-state index is 11.6. The highest BCUT2D eigenvalue weighted by Crippen LogP contribution is 2.09. The monoisotopic (exact) mass is 293 g/mol. The molecular weight excluding hydrogens is 270 g/mol. The van der Waals surface area contributed by atoms with Gasteiger partial charge in [-0.3, -0.25) is 9.59 Å². The molecule has 0 fully saturated rings. The summed E-state index contributed by atoms with van der Waals surface area (Å²) in [4.78, 5) is 22.8. The van der Waals surface area contributed by atoms with E-state index in [4.69, 9.17) is 15.6 Å². The van der Waals surface area contributed by atoms with Gasteiger partial charge in [-0.1, -0.05) is 24.3 Å². The molecule has 5 heteroatoms. The first-order valence-corrected chi connectivity index (χ1v) is 7.16. The lowest BCUT2D eigenvalue weighted by Crippen LogP contribution is -2.26. The molecule has 0 aliphatic heterocycles. The van der Waals surface area contributed by atoms with Crippen molar-refractivity contribution in [2.45, 2.75) is 38.6 Å². The third-order valence-electron chi connectivity index (χ3n) is 3.09. The Morgan fingerprint density at radius 2 is 1.86 bits per heavy atom. The molecule has 1 aromatic rings. The predicted octanol–water partition coefficient (Wildman–Crippen LogP) is 1.00. The molecule has 0 heterocycles. The Morgan fingerprint density at radius 3 is 2.43 bits per heavy atom. The van der Waals surface area contributed by atoms with Gasteiger partial charge in [0.15, 0.2) is 0 Å². The Hall–Kier alpha value is -1.72. The summed E-state index contributed by atoms with van der Waals surface area (Å²) in [6.45, 7) is 1.97. The summed E-state index contributed by atoms with van der Waals surface area (Å²) in [6, 6.07) is 7.53. The number of esters is 1. The quantitative estimate of drug-likeness (QED) is 0.524.